The van der Waals surface area contributed by atoms with E-state index in [-0.39, 0.29) is 24.3 Å². The second-order valence-corrected chi connectivity index (χ2v) is 4.97. The minimum absolute atomic E-state index is 0.0395. The molecule has 0 aliphatic rings. The highest BCUT2D eigenvalue weighted by molar-refractivity contribution is 5.79. The van der Waals surface area contributed by atoms with Crippen LogP contribution in [0, 0.1) is 5.92 Å². The van der Waals surface area contributed by atoms with Crippen LogP contribution < -0.4 is 5.32 Å². The summed E-state index contributed by atoms with van der Waals surface area (Å²) in [6, 6.07) is -0.750. The summed E-state index contributed by atoms with van der Waals surface area (Å²) in [6.45, 7) is 8.82. The van der Waals surface area contributed by atoms with Gasteiger partial charge in [0.05, 0.1) is 18.2 Å². The quantitative estimate of drug-likeness (QED) is 0.526. The second kappa shape index (κ2) is 9.47. The number of carbonyl (C=O) groups excluding carboxylic acids is 1. The molecule has 0 aliphatic heterocycles. The highest BCUT2D eigenvalue weighted by atomic mass is 16.4. The van der Waals surface area contributed by atoms with Crippen molar-refractivity contribution < 1.29 is 19.8 Å². The second-order valence-electron chi connectivity index (χ2n) is 4.97. The Morgan fingerprint density at radius 1 is 1.30 bits per heavy atom. The van der Waals surface area contributed by atoms with E-state index in [2.05, 4.69) is 17.0 Å². The van der Waals surface area contributed by atoms with Gasteiger partial charge in [0.15, 0.2) is 0 Å². The number of aliphatic hydroxyl groups is 1. The Morgan fingerprint density at radius 3 is 2.25 bits per heavy atom. The van der Waals surface area contributed by atoms with Crippen molar-refractivity contribution in [2.24, 2.45) is 10.9 Å². The number of aliphatic imine (C=N–C) groups is 1. The Balaban J connectivity index is 4.71. The fraction of sp³-hybridized carbons (Fsp3) is 0.786. The van der Waals surface area contributed by atoms with Crippen LogP contribution in [0.15, 0.2) is 4.99 Å². The van der Waals surface area contributed by atoms with Crippen LogP contribution in [0.2, 0.25) is 0 Å². The zero-order valence-electron chi connectivity index (χ0n) is 12.5. The van der Waals surface area contributed by atoms with E-state index in [1.165, 1.54) is 0 Å². The average molecular weight is 286 g/mol. The van der Waals surface area contributed by atoms with Gasteiger partial charge < -0.3 is 15.5 Å². The molecule has 0 bridgehead atoms. The van der Waals surface area contributed by atoms with Crippen molar-refractivity contribution in [3.05, 3.63) is 0 Å². The lowest BCUT2D eigenvalue weighted by molar-refractivity contribution is -0.137. The first kappa shape index (κ1) is 18.6. The fourth-order valence-electron chi connectivity index (χ4n) is 2.14. The van der Waals surface area contributed by atoms with Crippen molar-refractivity contribution in [1.29, 1.82) is 0 Å². The molecule has 0 rings (SSSR count). The van der Waals surface area contributed by atoms with E-state index in [1.807, 2.05) is 13.8 Å². The highest BCUT2D eigenvalue weighted by Gasteiger charge is 2.28. The normalized spacial score (nSPS) is 16.8. The summed E-state index contributed by atoms with van der Waals surface area (Å²) < 4.78 is 0. The molecule has 116 valence electrons. The smallest absolute Gasteiger partial charge is 0.303 e. The SMILES string of the molecule is C=NC(CC)[C@H](NC(=O)C(CC)CCC(=O)O)C(C)O. The topological polar surface area (TPSA) is 99.0 Å². The van der Waals surface area contributed by atoms with Crippen LogP contribution in [-0.4, -0.2) is 47.0 Å². The molecule has 3 N–H and O–H groups in total. The van der Waals surface area contributed by atoms with Crippen molar-refractivity contribution in [3.63, 3.8) is 0 Å². The van der Waals surface area contributed by atoms with Crippen LogP contribution in [0.3, 0.4) is 0 Å². The summed E-state index contributed by atoms with van der Waals surface area (Å²) in [6.07, 6.45) is 0.728. The van der Waals surface area contributed by atoms with Gasteiger partial charge in [0.2, 0.25) is 5.91 Å². The van der Waals surface area contributed by atoms with Gasteiger partial charge in [-0.15, -0.1) is 0 Å². The summed E-state index contributed by atoms with van der Waals surface area (Å²) in [4.78, 5) is 26.7. The molecule has 6 nitrogen and oxygen atoms in total. The summed E-state index contributed by atoms with van der Waals surface area (Å²) in [5, 5.41) is 21.2. The standard InChI is InChI=1S/C14H26N2O4/c1-5-10(7-8-12(18)19)14(20)16-13(9(3)17)11(6-2)15-4/h9-11,13,17H,4-8H2,1-3H3,(H,16,20)(H,18,19)/t9?,10?,11?,13-/m1/s1. The molecule has 0 saturated carbocycles. The average Bonchev–Trinajstić information content (AvgIpc) is 2.39. The Hall–Kier alpha value is -1.43. The van der Waals surface area contributed by atoms with E-state index < -0.39 is 18.1 Å². The molecule has 0 spiro atoms. The van der Waals surface area contributed by atoms with Gasteiger partial charge in [0.25, 0.3) is 0 Å². The molecule has 0 saturated heterocycles. The van der Waals surface area contributed by atoms with Gasteiger partial charge in [0.1, 0.15) is 0 Å². The van der Waals surface area contributed by atoms with E-state index in [9.17, 15) is 14.7 Å². The van der Waals surface area contributed by atoms with Crippen LogP contribution in [-0.2, 0) is 9.59 Å². The first-order chi connectivity index (χ1) is 9.37. The molecule has 4 atom stereocenters. The molecule has 0 aromatic carbocycles. The van der Waals surface area contributed by atoms with Crippen molar-refractivity contribution in [2.75, 3.05) is 0 Å². The minimum Gasteiger partial charge on any atom is -0.481 e. The number of carbonyl (C=O) groups is 2. The predicted molar refractivity (Wildman–Crippen MR) is 77.9 cm³/mol. The predicted octanol–water partition coefficient (Wildman–Crippen LogP) is 1.22. The summed E-state index contributed by atoms with van der Waals surface area (Å²) in [5.41, 5.74) is 0. The van der Waals surface area contributed by atoms with Crippen LogP contribution in [0.4, 0.5) is 0 Å². The van der Waals surface area contributed by atoms with Gasteiger partial charge >= 0.3 is 5.97 Å². The minimum atomic E-state index is -0.914. The van der Waals surface area contributed by atoms with Crippen molar-refractivity contribution in [3.8, 4) is 0 Å². The van der Waals surface area contributed by atoms with Crippen LogP contribution in [0.5, 0.6) is 0 Å². The number of rotatable bonds is 10. The number of carboxylic acid groups (broad SMARTS) is 1. The lowest BCUT2D eigenvalue weighted by Crippen LogP contribution is -2.50. The van der Waals surface area contributed by atoms with E-state index in [0.29, 0.717) is 19.3 Å². The Kier molecular flexibility index (Phi) is 8.79. The Morgan fingerprint density at radius 2 is 1.90 bits per heavy atom. The molecule has 0 aliphatic carbocycles. The van der Waals surface area contributed by atoms with Crippen LogP contribution >= 0.6 is 0 Å². The number of amides is 1. The zero-order valence-corrected chi connectivity index (χ0v) is 12.5. The number of aliphatic carboxylic acids is 1. The maximum Gasteiger partial charge on any atom is 0.303 e. The molecule has 0 radical (unpaired) electrons. The maximum absolute atomic E-state index is 12.2. The van der Waals surface area contributed by atoms with E-state index in [1.54, 1.807) is 6.92 Å². The third kappa shape index (κ3) is 6.14. The number of nitrogens with zero attached hydrogens (tertiary/aromatic N) is 1. The van der Waals surface area contributed by atoms with Gasteiger partial charge in [-0.3, -0.25) is 14.6 Å². The summed E-state index contributed by atoms with van der Waals surface area (Å²) >= 11 is 0. The Labute approximate surface area is 120 Å². The molecule has 0 aromatic heterocycles. The molecular formula is C14H26N2O4. The zero-order chi connectivity index (χ0) is 15.7. The van der Waals surface area contributed by atoms with Gasteiger partial charge in [0, 0.05) is 12.3 Å². The number of aliphatic hydroxyl groups excluding tert-OH is 1. The van der Waals surface area contributed by atoms with E-state index in [0.717, 1.165) is 0 Å². The third-order valence-electron chi connectivity index (χ3n) is 3.47. The van der Waals surface area contributed by atoms with Crippen molar-refractivity contribution in [1.82, 2.24) is 5.32 Å². The van der Waals surface area contributed by atoms with Crippen LogP contribution in [0.25, 0.3) is 0 Å². The lowest BCUT2D eigenvalue weighted by atomic mass is 9.96. The van der Waals surface area contributed by atoms with Crippen LogP contribution in [0.1, 0.15) is 46.5 Å². The van der Waals surface area contributed by atoms with Gasteiger partial charge in [-0.25, -0.2) is 0 Å². The summed E-state index contributed by atoms with van der Waals surface area (Å²) in [5.74, 6) is -1.51. The number of carboxylic acids is 1. The molecule has 3 unspecified atom stereocenters. The van der Waals surface area contributed by atoms with Crippen molar-refractivity contribution >= 4 is 18.6 Å². The monoisotopic (exact) mass is 286 g/mol. The molecule has 0 heterocycles. The summed E-state index contributed by atoms with van der Waals surface area (Å²) in [7, 11) is 0. The first-order valence-corrected chi connectivity index (χ1v) is 7.03. The number of hydrogen-bond acceptors (Lipinski definition) is 4. The van der Waals surface area contributed by atoms with Crippen molar-refractivity contribution in [2.45, 2.75) is 64.6 Å². The van der Waals surface area contributed by atoms with E-state index in [4.69, 9.17) is 5.11 Å². The highest BCUT2D eigenvalue weighted by Crippen LogP contribution is 2.14. The maximum atomic E-state index is 12.2. The van der Waals surface area contributed by atoms with Gasteiger partial charge in [-0.1, -0.05) is 13.8 Å². The number of hydrogen-bond donors (Lipinski definition) is 3. The Bertz CT molecular complexity index is 331. The van der Waals surface area contributed by atoms with E-state index >= 15 is 0 Å². The fourth-order valence-corrected chi connectivity index (χ4v) is 2.14. The number of nitrogens with one attached hydrogen (secondary N) is 1. The molecule has 0 fully saturated rings. The van der Waals surface area contributed by atoms with Gasteiger partial charge in [-0.2, -0.15) is 0 Å². The molecule has 20 heavy (non-hydrogen) atoms. The van der Waals surface area contributed by atoms with Gasteiger partial charge in [-0.05, 0) is 32.9 Å². The molecule has 0 aromatic rings. The molecular weight excluding hydrogens is 260 g/mol. The lowest BCUT2D eigenvalue weighted by Gasteiger charge is -2.28. The molecule has 1 amide bonds. The molecule has 6 heteroatoms. The largest absolute Gasteiger partial charge is 0.481 e. The third-order valence-corrected chi connectivity index (χ3v) is 3.47. The first-order valence-electron chi connectivity index (χ1n) is 7.03.